The van der Waals surface area contributed by atoms with Crippen LogP contribution in [-0.4, -0.2) is 181 Å². The molecule has 6 aromatic rings. The second-order valence-corrected chi connectivity index (χ2v) is 27.6. The number of para-hydroxylation sites is 1. The van der Waals surface area contributed by atoms with Crippen molar-refractivity contribution in [1.82, 2.24) is 35.3 Å². The van der Waals surface area contributed by atoms with Crippen molar-refractivity contribution in [3.8, 4) is 28.7 Å². The summed E-state index contributed by atoms with van der Waals surface area (Å²) in [6.07, 6.45) is -0.512. The Bertz CT molecular complexity index is 4100. The van der Waals surface area contributed by atoms with E-state index < -0.39 is 72.1 Å². The molecule has 3 aromatic heterocycles. The highest BCUT2D eigenvalue weighted by atomic mass is 32.1. The number of hydrogen-bond donors (Lipinski definition) is 8. The smallest absolute Gasteiger partial charge is 0.407 e. The molecule has 8 N–H and O–H groups in total. The molecular formula is C68H74N10O18S. The Balaban J connectivity index is 0.664. The first-order valence-corrected chi connectivity index (χ1v) is 32.8. The summed E-state index contributed by atoms with van der Waals surface area (Å²) < 4.78 is 38.1. The monoisotopic (exact) mass is 1350 g/mol. The van der Waals surface area contributed by atoms with Crippen LogP contribution < -0.4 is 30.3 Å². The number of nitrogens with zero attached hydrogens (tertiary/aromatic N) is 7. The molecule has 29 heteroatoms. The van der Waals surface area contributed by atoms with Gasteiger partial charge in [0, 0.05) is 91.9 Å². The molecule has 4 saturated carbocycles. The predicted molar refractivity (Wildman–Crippen MR) is 345 cm³/mol. The Kier molecular flexibility index (Phi) is 19.2. The molecule has 5 fully saturated rings. The van der Waals surface area contributed by atoms with Crippen LogP contribution in [-0.2, 0) is 64.2 Å². The first-order valence-electron chi connectivity index (χ1n) is 31.9. The number of carbonyl (C=O) groups is 7. The number of aromatic carboxylic acids is 1. The van der Waals surface area contributed by atoms with E-state index in [4.69, 9.17) is 38.5 Å². The van der Waals surface area contributed by atoms with Gasteiger partial charge in [-0.3, -0.25) is 34.1 Å². The number of benzene rings is 3. The van der Waals surface area contributed by atoms with E-state index in [2.05, 4.69) is 40.9 Å². The van der Waals surface area contributed by atoms with Crippen LogP contribution in [0.5, 0.6) is 11.5 Å². The lowest BCUT2D eigenvalue weighted by atomic mass is 9.39. The molecule has 3 aliphatic heterocycles. The number of carboxylic acids is 2. The highest BCUT2D eigenvalue weighted by molar-refractivity contribution is 7.22. The molecule has 7 atom stereocenters. The van der Waals surface area contributed by atoms with Crippen LogP contribution in [0.1, 0.15) is 108 Å². The number of nitrogens with one attached hydrogen (secondary N) is 3. The second kappa shape index (κ2) is 27.6. The van der Waals surface area contributed by atoms with Gasteiger partial charge in [-0.15, -0.1) is 0 Å². The summed E-state index contributed by atoms with van der Waals surface area (Å²) in [6.45, 7) is 7.83. The molecule has 0 radical (unpaired) electrons. The third-order valence-electron chi connectivity index (χ3n) is 19.0. The summed E-state index contributed by atoms with van der Waals surface area (Å²) in [5.41, 5.74) is 4.22. The Labute approximate surface area is 560 Å². The number of thiazole rings is 1. The van der Waals surface area contributed by atoms with Gasteiger partial charge in [0.2, 0.25) is 12.2 Å². The molecule has 4 bridgehead atoms. The Morgan fingerprint density at radius 3 is 2.33 bits per heavy atom. The minimum absolute atomic E-state index is 0.0109. The average molecular weight is 1350 g/mol. The number of fused-ring (bicyclic) bond motifs is 2. The molecule has 13 rings (SSSR count). The zero-order chi connectivity index (χ0) is 68.6. The lowest BCUT2D eigenvalue weighted by molar-refractivity contribution is -0.271. The number of imide groups is 1. The largest absolute Gasteiger partial charge is 0.491 e. The Hall–Kier alpha value is -9.41. The van der Waals surface area contributed by atoms with E-state index in [0.717, 1.165) is 77.1 Å². The molecule has 7 aliphatic rings. The number of ether oxygens (including phenoxy) is 6. The van der Waals surface area contributed by atoms with E-state index in [0.29, 0.717) is 63.8 Å². The normalized spacial score (nSPS) is 25.4. The van der Waals surface area contributed by atoms with Gasteiger partial charge in [-0.1, -0.05) is 37.3 Å². The van der Waals surface area contributed by atoms with Gasteiger partial charge in [0.25, 0.3) is 17.7 Å². The van der Waals surface area contributed by atoms with Gasteiger partial charge in [-0.05, 0) is 128 Å². The molecule has 28 nitrogen and oxygen atoms in total. The molecule has 97 heavy (non-hydrogen) atoms. The molecule has 4 aliphatic carbocycles. The lowest BCUT2D eigenvalue weighted by Gasteiger charge is -2.69. The number of aliphatic carboxylic acids is 1. The van der Waals surface area contributed by atoms with Gasteiger partial charge in [-0.2, -0.15) is 10.4 Å². The number of carboxylic acid groups (broad SMARTS) is 2. The zero-order valence-electron chi connectivity index (χ0n) is 53.5. The summed E-state index contributed by atoms with van der Waals surface area (Å²) in [5.74, 6) is -4.03. The summed E-state index contributed by atoms with van der Waals surface area (Å²) in [4.78, 5) is 100. The third kappa shape index (κ3) is 14.5. The fraction of sp³-hybridized carbons (Fsp3) is 0.456. The third-order valence-corrected chi connectivity index (χ3v) is 19.9. The van der Waals surface area contributed by atoms with Crippen LogP contribution in [0.3, 0.4) is 0 Å². The van der Waals surface area contributed by atoms with Crippen molar-refractivity contribution >= 4 is 74.2 Å². The second-order valence-electron chi connectivity index (χ2n) is 26.6. The zero-order valence-corrected chi connectivity index (χ0v) is 54.3. The Morgan fingerprint density at radius 1 is 0.825 bits per heavy atom. The summed E-state index contributed by atoms with van der Waals surface area (Å²) in [7, 11) is 0. The molecule has 510 valence electrons. The number of amides is 5. The molecule has 2 unspecified atom stereocenters. The highest BCUT2D eigenvalue weighted by Crippen LogP contribution is 2.72. The van der Waals surface area contributed by atoms with Crippen LogP contribution in [0.15, 0.2) is 85.1 Å². The van der Waals surface area contributed by atoms with E-state index in [9.17, 15) is 64.4 Å². The van der Waals surface area contributed by atoms with Crippen molar-refractivity contribution in [1.29, 1.82) is 5.26 Å². The van der Waals surface area contributed by atoms with Crippen molar-refractivity contribution < 1.29 is 87.5 Å². The average Bonchev–Trinajstić information content (AvgIpc) is 1.04. The van der Waals surface area contributed by atoms with Crippen LogP contribution >= 0.6 is 11.3 Å². The highest BCUT2D eigenvalue weighted by Gasteiger charge is 2.66. The standard InChI is InChI=1S/C68H74N10O18S/c1-38-45(43-12-13-50(74-54(43)60(86)87)76-20-16-42-39(27-69)9-11-44(46(42)29-76)59(85)75-63-73-47-6-4-5-7-49(47)97-63)28-72-78(38)37-67-32-65(2)31-66(3,33-67)35-68(34-65,36-67)94-23-19-71-64(90)93-30-40-8-10-41(95-62-57(84)55(82)56(83)58(96-62)61(88)89)26-48(40)92-25-24-91-22-18-70-51(79)17-21-77-52(80)14-15-53(77)81/h4-15,26,28,55-58,62,82-84H,16-25,29-37H2,1-3H3,(H,70,79)(H,71,90)(H,86,87)(H,88,89)(H,73,75,85)/t55-,56-,57+,58-,62+,65?,66?,67?,68?/m0/s1. The number of rotatable bonds is 26. The van der Waals surface area contributed by atoms with Gasteiger partial charge in [0.1, 0.15) is 48.8 Å². The Morgan fingerprint density at radius 2 is 1.59 bits per heavy atom. The maximum absolute atomic E-state index is 13.9. The molecule has 3 aromatic carbocycles. The summed E-state index contributed by atoms with van der Waals surface area (Å²) >= 11 is 1.36. The van der Waals surface area contributed by atoms with Gasteiger partial charge in [0.05, 0.1) is 53.5 Å². The van der Waals surface area contributed by atoms with Gasteiger partial charge in [-0.25, -0.2) is 24.4 Å². The van der Waals surface area contributed by atoms with E-state index >= 15 is 0 Å². The van der Waals surface area contributed by atoms with E-state index in [1.807, 2.05) is 40.8 Å². The number of alkyl carbamates (subject to hydrolysis) is 1. The van der Waals surface area contributed by atoms with Crippen molar-refractivity contribution in [3.63, 3.8) is 0 Å². The molecular weight excluding hydrogens is 1280 g/mol. The summed E-state index contributed by atoms with van der Waals surface area (Å²) in [5, 5.41) is 75.3. The number of carbonyl (C=O) groups excluding carboxylic acids is 5. The van der Waals surface area contributed by atoms with Crippen LogP contribution in [0.2, 0.25) is 0 Å². The van der Waals surface area contributed by atoms with Gasteiger partial charge in [0.15, 0.2) is 16.9 Å². The maximum Gasteiger partial charge on any atom is 0.407 e. The van der Waals surface area contributed by atoms with Crippen molar-refractivity contribution in [3.05, 3.63) is 124 Å². The SMILES string of the molecule is Cc1c(-c2ccc(N3CCc4c(C#N)ccc(C(=O)Nc5nc6ccccc6s5)c4C3)nc2C(=O)O)cnn1CC12CC3(C)CC(C)(C1)CC(OCCNC(=O)OCc1ccc(O[C@@H]4O[C@H](C(=O)O)[C@@H](O)[C@H](O)[C@H]4O)cc1OCCOCCNC(=O)CCN1C(=O)C=CC1=O)(C3)C2. The topological polar surface area (TPSA) is 386 Å². The number of aromatic nitrogens is 4. The van der Waals surface area contributed by atoms with Crippen LogP contribution in [0.25, 0.3) is 21.3 Å². The van der Waals surface area contributed by atoms with Crippen molar-refractivity contribution in [2.45, 2.75) is 128 Å². The number of aliphatic hydroxyl groups is 3. The maximum atomic E-state index is 13.9. The molecule has 1 saturated heterocycles. The molecule has 0 spiro atoms. The summed E-state index contributed by atoms with van der Waals surface area (Å²) in [6, 6.07) is 21.0. The van der Waals surface area contributed by atoms with E-state index in [-0.39, 0.29) is 105 Å². The molecule has 6 heterocycles. The predicted octanol–water partition coefficient (Wildman–Crippen LogP) is 5.41. The van der Waals surface area contributed by atoms with Crippen LogP contribution in [0.4, 0.5) is 15.7 Å². The minimum Gasteiger partial charge on any atom is -0.491 e. The minimum atomic E-state index is -1.94. The number of anilines is 2. The fourth-order valence-electron chi connectivity index (χ4n) is 15.9. The fourth-order valence-corrected chi connectivity index (χ4v) is 16.8. The van der Waals surface area contributed by atoms with Crippen molar-refractivity contribution in [2.24, 2.45) is 16.2 Å². The van der Waals surface area contributed by atoms with Gasteiger partial charge < -0.3 is 69.5 Å². The number of aliphatic hydroxyl groups excluding tert-OH is 3. The van der Waals surface area contributed by atoms with E-state index in [1.54, 1.807) is 30.5 Å². The van der Waals surface area contributed by atoms with Gasteiger partial charge >= 0.3 is 18.0 Å². The first-order chi connectivity index (χ1) is 46.4. The quantitative estimate of drug-likeness (QED) is 0.0248. The van der Waals surface area contributed by atoms with Crippen molar-refractivity contribution in [2.75, 3.05) is 62.8 Å². The van der Waals surface area contributed by atoms with E-state index in [1.165, 1.54) is 29.5 Å². The van der Waals surface area contributed by atoms with Crippen LogP contribution in [0, 0.1) is 34.5 Å². The lowest BCUT2D eigenvalue weighted by Crippen LogP contribution is -2.64. The number of hydrogen-bond acceptors (Lipinski definition) is 22. The first kappa shape index (κ1) is 67.6. The number of nitriles is 1. The number of pyridine rings is 1. The molecule has 5 amide bonds.